The molecule has 2 fully saturated rings. The molecule has 0 radical (unpaired) electrons. The van der Waals surface area contributed by atoms with Gasteiger partial charge in [0.25, 0.3) is 5.91 Å². The van der Waals surface area contributed by atoms with E-state index in [9.17, 15) is 9.59 Å². The van der Waals surface area contributed by atoms with Gasteiger partial charge in [-0.25, -0.2) is 0 Å². The Kier molecular flexibility index (Phi) is 6.43. The first-order valence-corrected chi connectivity index (χ1v) is 11.3. The average molecular weight is 425 g/mol. The summed E-state index contributed by atoms with van der Waals surface area (Å²) in [4.78, 5) is 30.5. The number of carbonyl (C=O) groups excluding carboxylic acids is 2. The standard InChI is InChI=1S/C25H29ClN2O2/c1-18-11-13-20(14-12-18)24-25(30)28(21-8-3-2-4-9-21)17-23(29)27(24)16-15-19-7-5-6-10-22(19)26/h5-7,10-14,21,24H,2-4,8-9,15-17H2,1H3. The summed E-state index contributed by atoms with van der Waals surface area (Å²) in [6, 6.07) is 15.3. The van der Waals surface area contributed by atoms with Crippen molar-refractivity contribution in [1.82, 2.24) is 9.80 Å². The number of benzene rings is 2. The predicted octanol–water partition coefficient (Wildman–Crippen LogP) is 4.94. The van der Waals surface area contributed by atoms with Gasteiger partial charge in [-0.05, 0) is 43.4 Å². The second-order valence-corrected chi connectivity index (χ2v) is 8.91. The van der Waals surface area contributed by atoms with Gasteiger partial charge in [0.1, 0.15) is 12.6 Å². The van der Waals surface area contributed by atoms with Crippen LogP contribution in [0.3, 0.4) is 0 Å². The molecule has 2 aliphatic rings. The maximum absolute atomic E-state index is 13.7. The van der Waals surface area contributed by atoms with E-state index >= 15 is 0 Å². The summed E-state index contributed by atoms with van der Waals surface area (Å²) in [5.74, 6) is 0.0855. The van der Waals surface area contributed by atoms with Gasteiger partial charge in [-0.15, -0.1) is 0 Å². The lowest BCUT2D eigenvalue weighted by molar-refractivity contribution is -0.159. The topological polar surface area (TPSA) is 40.6 Å². The molecular formula is C25H29ClN2O2. The molecule has 30 heavy (non-hydrogen) atoms. The maximum Gasteiger partial charge on any atom is 0.250 e. The van der Waals surface area contributed by atoms with Crippen LogP contribution in [0.15, 0.2) is 48.5 Å². The molecule has 1 saturated carbocycles. The van der Waals surface area contributed by atoms with Crippen molar-refractivity contribution in [2.75, 3.05) is 13.1 Å². The average Bonchev–Trinajstić information content (AvgIpc) is 2.76. The first-order chi connectivity index (χ1) is 14.5. The molecule has 1 heterocycles. The number of amides is 2. The number of aryl methyl sites for hydroxylation is 1. The van der Waals surface area contributed by atoms with E-state index in [1.54, 1.807) is 4.90 Å². The van der Waals surface area contributed by atoms with Crippen LogP contribution in [0.2, 0.25) is 5.02 Å². The lowest BCUT2D eigenvalue weighted by Gasteiger charge is -2.44. The normalized spacial score (nSPS) is 20.7. The number of piperazine rings is 1. The number of halogens is 1. The summed E-state index contributed by atoms with van der Waals surface area (Å²) in [6.45, 7) is 2.70. The first kappa shape index (κ1) is 20.9. The van der Waals surface area contributed by atoms with Crippen molar-refractivity contribution < 1.29 is 9.59 Å². The number of hydrogen-bond donors (Lipinski definition) is 0. The smallest absolute Gasteiger partial charge is 0.250 e. The van der Waals surface area contributed by atoms with E-state index in [0.717, 1.165) is 42.4 Å². The Morgan fingerprint density at radius 3 is 2.37 bits per heavy atom. The molecule has 1 atom stereocenters. The van der Waals surface area contributed by atoms with Gasteiger partial charge < -0.3 is 9.80 Å². The highest BCUT2D eigenvalue weighted by atomic mass is 35.5. The largest absolute Gasteiger partial charge is 0.328 e. The van der Waals surface area contributed by atoms with E-state index in [4.69, 9.17) is 11.6 Å². The van der Waals surface area contributed by atoms with E-state index in [0.29, 0.717) is 18.0 Å². The second-order valence-electron chi connectivity index (χ2n) is 8.50. The van der Waals surface area contributed by atoms with Crippen LogP contribution in [0.25, 0.3) is 0 Å². The molecule has 158 valence electrons. The molecule has 0 spiro atoms. The minimum absolute atomic E-state index is 0.0257. The van der Waals surface area contributed by atoms with Crippen molar-refractivity contribution in [3.8, 4) is 0 Å². The molecule has 1 unspecified atom stereocenters. The Hall–Kier alpha value is -2.33. The molecule has 4 rings (SSSR count). The van der Waals surface area contributed by atoms with Crippen LogP contribution in [0.4, 0.5) is 0 Å². The van der Waals surface area contributed by atoms with Crippen molar-refractivity contribution >= 4 is 23.4 Å². The molecule has 0 N–H and O–H groups in total. The minimum atomic E-state index is -0.559. The third kappa shape index (κ3) is 4.39. The molecule has 2 aromatic carbocycles. The van der Waals surface area contributed by atoms with Crippen molar-refractivity contribution in [3.63, 3.8) is 0 Å². The molecule has 5 heteroatoms. The van der Waals surface area contributed by atoms with Gasteiger partial charge in [0.2, 0.25) is 5.91 Å². The third-order valence-corrected chi connectivity index (χ3v) is 6.81. The second kappa shape index (κ2) is 9.22. The number of carbonyl (C=O) groups is 2. The van der Waals surface area contributed by atoms with E-state index in [1.165, 1.54) is 6.42 Å². The predicted molar refractivity (Wildman–Crippen MR) is 119 cm³/mol. The molecule has 1 aliphatic carbocycles. The zero-order valence-electron chi connectivity index (χ0n) is 17.5. The lowest BCUT2D eigenvalue weighted by atomic mass is 9.91. The SMILES string of the molecule is Cc1ccc(C2C(=O)N(C3CCCCC3)CC(=O)N2CCc2ccccc2Cl)cc1. The number of rotatable bonds is 5. The summed E-state index contributed by atoms with van der Waals surface area (Å²) < 4.78 is 0. The molecule has 4 nitrogen and oxygen atoms in total. The van der Waals surface area contributed by atoms with Gasteiger partial charge in [-0.2, -0.15) is 0 Å². The van der Waals surface area contributed by atoms with Crippen molar-refractivity contribution in [1.29, 1.82) is 0 Å². The maximum atomic E-state index is 13.7. The summed E-state index contributed by atoms with van der Waals surface area (Å²) in [6.07, 6.45) is 6.11. The van der Waals surface area contributed by atoms with Crippen molar-refractivity contribution in [3.05, 3.63) is 70.2 Å². The van der Waals surface area contributed by atoms with E-state index in [2.05, 4.69) is 0 Å². The molecule has 2 amide bonds. The molecular weight excluding hydrogens is 396 g/mol. The van der Waals surface area contributed by atoms with Gasteiger partial charge >= 0.3 is 0 Å². The minimum Gasteiger partial charge on any atom is -0.328 e. The van der Waals surface area contributed by atoms with Crippen LogP contribution < -0.4 is 0 Å². The quantitative estimate of drug-likeness (QED) is 0.682. The monoisotopic (exact) mass is 424 g/mol. The highest BCUT2D eigenvalue weighted by Gasteiger charge is 2.42. The summed E-state index contributed by atoms with van der Waals surface area (Å²) in [5, 5.41) is 0.698. The lowest BCUT2D eigenvalue weighted by Crippen LogP contribution is -2.58. The van der Waals surface area contributed by atoms with Crippen LogP contribution in [0.5, 0.6) is 0 Å². The Morgan fingerprint density at radius 2 is 1.67 bits per heavy atom. The van der Waals surface area contributed by atoms with Crippen LogP contribution in [-0.2, 0) is 16.0 Å². The number of hydrogen-bond acceptors (Lipinski definition) is 2. The van der Waals surface area contributed by atoms with Gasteiger partial charge in [-0.1, -0.05) is 78.9 Å². The molecule has 1 saturated heterocycles. The van der Waals surface area contributed by atoms with E-state index < -0.39 is 6.04 Å². The van der Waals surface area contributed by atoms with Crippen LogP contribution >= 0.6 is 11.6 Å². The van der Waals surface area contributed by atoms with Gasteiger partial charge in [0.15, 0.2) is 0 Å². The summed E-state index contributed by atoms with van der Waals surface area (Å²) >= 11 is 6.32. The third-order valence-electron chi connectivity index (χ3n) is 6.44. The van der Waals surface area contributed by atoms with Gasteiger partial charge in [0, 0.05) is 17.6 Å². The fourth-order valence-corrected chi connectivity index (χ4v) is 4.95. The fourth-order valence-electron chi connectivity index (χ4n) is 4.72. The van der Waals surface area contributed by atoms with Gasteiger partial charge in [-0.3, -0.25) is 9.59 Å². The van der Waals surface area contributed by atoms with Crippen LogP contribution in [-0.4, -0.2) is 40.7 Å². The highest BCUT2D eigenvalue weighted by Crippen LogP contribution is 2.33. The van der Waals surface area contributed by atoms with E-state index in [1.807, 2.05) is 60.4 Å². The summed E-state index contributed by atoms with van der Waals surface area (Å²) in [5.41, 5.74) is 3.02. The molecule has 0 aromatic heterocycles. The Balaban J connectivity index is 1.61. The zero-order chi connectivity index (χ0) is 21.1. The molecule has 2 aromatic rings. The Bertz CT molecular complexity index is 906. The molecule has 1 aliphatic heterocycles. The number of nitrogens with zero attached hydrogens (tertiary/aromatic N) is 2. The summed E-state index contributed by atoms with van der Waals surface area (Å²) in [7, 11) is 0. The van der Waals surface area contributed by atoms with Crippen molar-refractivity contribution in [2.45, 2.75) is 57.5 Å². The van der Waals surface area contributed by atoms with E-state index in [-0.39, 0.29) is 24.4 Å². The highest BCUT2D eigenvalue weighted by molar-refractivity contribution is 6.31. The zero-order valence-corrected chi connectivity index (χ0v) is 18.3. The Labute approximate surface area is 183 Å². The Morgan fingerprint density at radius 1 is 0.967 bits per heavy atom. The van der Waals surface area contributed by atoms with Crippen LogP contribution in [0, 0.1) is 6.92 Å². The fraction of sp³-hybridized carbons (Fsp3) is 0.440. The first-order valence-electron chi connectivity index (χ1n) is 10.9. The van der Waals surface area contributed by atoms with Gasteiger partial charge in [0.05, 0.1) is 0 Å². The molecule has 0 bridgehead atoms. The van der Waals surface area contributed by atoms with Crippen molar-refractivity contribution in [2.24, 2.45) is 0 Å². The van der Waals surface area contributed by atoms with Crippen LogP contribution in [0.1, 0.15) is 54.8 Å².